The first-order chi connectivity index (χ1) is 21.1. The Balaban J connectivity index is 1.39. The number of thiazole rings is 1. The molecule has 1 amide bonds. The van der Waals surface area contributed by atoms with Crippen molar-refractivity contribution in [1.82, 2.24) is 24.8 Å². The van der Waals surface area contributed by atoms with E-state index in [1.165, 1.54) is 18.3 Å². The van der Waals surface area contributed by atoms with Crippen LogP contribution >= 0.6 is 22.9 Å². The van der Waals surface area contributed by atoms with Gasteiger partial charge in [-0.15, -0.1) is 31.4 Å². The normalized spacial score (nSPS) is 16.5. The number of alkyl halides is 6. The maximum Gasteiger partial charge on any atom is 0.573 e. The summed E-state index contributed by atoms with van der Waals surface area (Å²) in [7, 11) is -4.43. The lowest BCUT2D eigenvalue weighted by Gasteiger charge is -2.39. The van der Waals surface area contributed by atoms with Crippen molar-refractivity contribution in [2.45, 2.75) is 30.2 Å². The van der Waals surface area contributed by atoms with Gasteiger partial charge >= 0.3 is 12.7 Å². The third-order valence-electron chi connectivity index (χ3n) is 6.35. The van der Waals surface area contributed by atoms with E-state index in [2.05, 4.69) is 30.0 Å². The van der Waals surface area contributed by atoms with E-state index in [4.69, 9.17) is 11.6 Å². The Bertz CT molecular complexity index is 1790. The first-order valence-electron chi connectivity index (χ1n) is 12.6. The number of aromatic nitrogens is 3. The lowest BCUT2D eigenvalue weighted by molar-refractivity contribution is -0.275. The van der Waals surface area contributed by atoms with E-state index in [-0.39, 0.29) is 36.2 Å². The molecule has 1 saturated heterocycles. The molecular formula is C25H19ClF6N6O5S2. The molecule has 1 atom stereocenters. The van der Waals surface area contributed by atoms with Gasteiger partial charge in [-0.1, -0.05) is 35.1 Å². The Morgan fingerprint density at radius 1 is 0.978 bits per heavy atom. The summed E-state index contributed by atoms with van der Waals surface area (Å²) in [5.41, 5.74) is 0.825. The van der Waals surface area contributed by atoms with Crippen LogP contribution in [0.1, 0.15) is 5.56 Å². The van der Waals surface area contributed by atoms with Crippen molar-refractivity contribution in [3.63, 3.8) is 0 Å². The number of carbonyl (C=O) groups excluding carboxylic acids is 1. The number of hydrogen-bond donors (Lipinski definition) is 1. The fourth-order valence-electron chi connectivity index (χ4n) is 4.38. The number of benzene rings is 2. The Labute approximate surface area is 259 Å². The van der Waals surface area contributed by atoms with Crippen molar-refractivity contribution in [3.05, 3.63) is 65.4 Å². The summed E-state index contributed by atoms with van der Waals surface area (Å²) in [6, 6.07) is 6.87. The average Bonchev–Trinajstić information content (AvgIpc) is 3.41. The zero-order valence-corrected chi connectivity index (χ0v) is 24.7. The highest BCUT2D eigenvalue weighted by Gasteiger charge is 2.41. The molecule has 240 valence electrons. The average molecular weight is 697 g/mol. The lowest BCUT2D eigenvalue weighted by atomic mass is 10.1. The number of anilines is 1. The van der Waals surface area contributed by atoms with Crippen LogP contribution in [0.3, 0.4) is 0 Å². The summed E-state index contributed by atoms with van der Waals surface area (Å²) in [6.45, 7) is -0.494. The van der Waals surface area contributed by atoms with E-state index in [1.807, 2.05) is 0 Å². The highest BCUT2D eigenvalue weighted by Crippen LogP contribution is 2.34. The van der Waals surface area contributed by atoms with E-state index in [1.54, 1.807) is 4.90 Å². The topological polar surface area (TPSA) is 127 Å². The van der Waals surface area contributed by atoms with Gasteiger partial charge in [0.2, 0.25) is 15.9 Å². The summed E-state index contributed by atoms with van der Waals surface area (Å²) in [6.07, 6.45) is -8.48. The van der Waals surface area contributed by atoms with Crippen LogP contribution in [-0.4, -0.2) is 72.2 Å². The van der Waals surface area contributed by atoms with Crippen molar-refractivity contribution in [2.24, 2.45) is 0 Å². The number of ether oxygens (including phenoxy) is 2. The molecule has 2 aromatic heterocycles. The van der Waals surface area contributed by atoms with Crippen molar-refractivity contribution in [2.75, 3.05) is 24.5 Å². The number of fused-ring (bicyclic) bond motifs is 1. The smallest absolute Gasteiger partial charge is 0.406 e. The monoisotopic (exact) mass is 696 g/mol. The molecule has 0 spiro atoms. The third-order valence-corrected chi connectivity index (χ3v) is 9.78. The van der Waals surface area contributed by atoms with Crippen molar-refractivity contribution < 1.29 is 49.0 Å². The minimum absolute atomic E-state index is 0.0806. The number of halogens is 7. The van der Waals surface area contributed by atoms with Gasteiger partial charge < -0.3 is 19.7 Å². The lowest BCUT2D eigenvalue weighted by Crippen LogP contribution is -2.60. The maximum atomic E-state index is 13.7. The molecule has 1 aliphatic rings. The Morgan fingerprint density at radius 2 is 1.58 bits per heavy atom. The van der Waals surface area contributed by atoms with Gasteiger partial charge in [-0.05, 0) is 42.0 Å². The first-order valence-corrected chi connectivity index (χ1v) is 15.3. The van der Waals surface area contributed by atoms with Crippen LogP contribution in [0.5, 0.6) is 11.5 Å². The molecule has 4 aromatic rings. The van der Waals surface area contributed by atoms with Gasteiger partial charge in [-0.2, -0.15) is 9.40 Å². The number of nitrogens with one attached hydrogen (secondary N) is 1. The highest BCUT2D eigenvalue weighted by atomic mass is 35.5. The minimum atomic E-state index is -4.98. The van der Waals surface area contributed by atoms with E-state index in [0.717, 1.165) is 52.0 Å². The Kier molecular flexibility index (Phi) is 8.98. The number of amides is 1. The molecule has 0 saturated carbocycles. The molecule has 1 fully saturated rings. The molecule has 0 aliphatic carbocycles. The number of hydrogen-bond acceptors (Lipinski definition) is 10. The van der Waals surface area contributed by atoms with E-state index < -0.39 is 46.2 Å². The summed E-state index contributed by atoms with van der Waals surface area (Å²) in [5, 5.41) is 10.6. The largest absolute Gasteiger partial charge is 0.573 e. The van der Waals surface area contributed by atoms with Crippen LogP contribution in [0.15, 0.2) is 59.6 Å². The molecule has 2 aromatic carbocycles. The number of piperazine rings is 1. The van der Waals surface area contributed by atoms with Gasteiger partial charge in [0.05, 0.1) is 15.8 Å². The van der Waals surface area contributed by atoms with Crippen LogP contribution in [0.25, 0.3) is 10.2 Å². The van der Waals surface area contributed by atoms with Crippen LogP contribution in [-0.2, 0) is 21.4 Å². The molecule has 5 rings (SSSR count). The zero-order chi connectivity index (χ0) is 32.6. The summed E-state index contributed by atoms with van der Waals surface area (Å²) in [5.74, 6) is -1.85. The molecule has 1 N–H and O–H groups in total. The van der Waals surface area contributed by atoms with Gasteiger partial charge in [0.1, 0.15) is 23.1 Å². The van der Waals surface area contributed by atoms with E-state index >= 15 is 0 Å². The third kappa shape index (κ3) is 7.84. The number of nitrogens with zero attached hydrogens (tertiary/aromatic N) is 5. The molecule has 1 aliphatic heterocycles. The minimum Gasteiger partial charge on any atom is -0.406 e. The Hall–Kier alpha value is -3.94. The second kappa shape index (κ2) is 12.5. The molecule has 3 heterocycles. The van der Waals surface area contributed by atoms with Crippen molar-refractivity contribution in [3.8, 4) is 11.5 Å². The quantitative estimate of drug-likeness (QED) is 0.260. The van der Waals surface area contributed by atoms with Gasteiger partial charge in [0, 0.05) is 26.2 Å². The van der Waals surface area contributed by atoms with Gasteiger partial charge in [-0.3, -0.25) is 4.79 Å². The second-order valence-electron chi connectivity index (χ2n) is 9.35. The van der Waals surface area contributed by atoms with Crippen LogP contribution in [0.4, 0.5) is 31.5 Å². The number of sulfonamides is 1. The fourth-order valence-corrected chi connectivity index (χ4v) is 7.15. The molecule has 0 bridgehead atoms. The molecule has 20 heteroatoms. The number of rotatable bonds is 8. The second-order valence-corrected chi connectivity index (χ2v) is 12.6. The zero-order valence-electron chi connectivity index (χ0n) is 22.3. The van der Waals surface area contributed by atoms with Gasteiger partial charge in [0.25, 0.3) is 0 Å². The van der Waals surface area contributed by atoms with Crippen LogP contribution in [0.2, 0.25) is 5.15 Å². The summed E-state index contributed by atoms with van der Waals surface area (Å²) in [4.78, 5) is 19.3. The summed E-state index contributed by atoms with van der Waals surface area (Å²) >= 11 is 7.27. The summed E-state index contributed by atoms with van der Waals surface area (Å²) < 4.78 is 112. The number of carbonyl (C=O) groups is 1. The van der Waals surface area contributed by atoms with E-state index in [9.17, 15) is 39.6 Å². The van der Waals surface area contributed by atoms with Crippen LogP contribution in [0, 0.1) is 0 Å². The fraction of sp³-hybridized carbons (Fsp3) is 0.280. The molecule has 11 nitrogen and oxygen atoms in total. The molecule has 0 unspecified atom stereocenters. The van der Waals surface area contributed by atoms with Gasteiger partial charge in [-0.25, -0.2) is 13.4 Å². The van der Waals surface area contributed by atoms with Crippen LogP contribution < -0.4 is 19.7 Å². The molecular weight excluding hydrogens is 678 g/mol. The predicted octanol–water partition coefficient (Wildman–Crippen LogP) is 4.73. The molecule has 0 radical (unpaired) electrons. The first kappa shape index (κ1) is 32.5. The van der Waals surface area contributed by atoms with Crippen molar-refractivity contribution in [1.29, 1.82) is 0 Å². The SMILES string of the molecule is O=C(NCc1ccc(OC(F)(F)F)cc1)[C@H]1CN(c2nc3cnnc(Cl)c3s2)CCN1S(=O)(=O)c1ccc(OC(F)(F)F)cc1. The maximum absolute atomic E-state index is 13.7. The van der Waals surface area contributed by atoms with E-state index in [0.29, 0.717) is 20.9 Å². The van der Waals surface area contributed by atoms with Gasteiger partial charge in [0.15, 0.2) is 10.3 Å². The predicted molar refractivity (Wildman–Crippen MR) is 148 cm³/mol. The molecule has 45 heavy (non-hydrogen) atoms. The highest BCUT2D eigenvalue weighted by molar-refractivity contribution is 7.89. The Morgan fingerprint density at radius 3 is 2.16 bits per heavy atom. The standard InChI is InChI=1S/C25H19ClF6N6O5S2/c26-21-20-18(12-34-36-21)35-23(44-20)37-9-10-38(45(40,41)17-7-5-16(6-8-17)43-25(30,31)32)19(13-37)22(39)33-11-14-1-3-15(4-2-14)42-24(27,28)29/h1-8,12,19H,9-11,13H2,(H,33,39)/t19-/m1/s1. The van der Waals surface area contributed by atoms with Crippen molar-refractivity contribution >= 4 is 54.2 Å².